The van der Waals surface area contributed by atoms with E-state index in [1.54, 1.807) is 36.4 Å². The number of carbonyl (C=O) groups excluding carboxylic acids is 2. The van der Waals surface area contributed by atoms with E-state index in [0.717, 1.165) is 11.6 Å². The third-order valence-corrected chi connectivity index (χ3v) is 5.82. The predicted octanol–water partition coefficient (Wildman–Crippen LogP) is 4.92. The van der Waals surface area contributed by atoms with Crippen LogP contribution in [0.2, 0.25) is 0 Å². The molecule has 5 rings (SSSR count). The van der Waals surface area contributed by atoms with E-state index in [0.29, 0.717) is 11.2 Å². The minimum atomic E-state index is -4.93. The van der Waals surface area contributed by atoms with Gasteiger partial charge in [-0.25, -0.2) is 19.0 Å². The number of anilines is 1. The number of fused-ring (bicyclic) bond motifs is 1. The molecular weight excluding hydrogens is 530 g/mol. The van der Waals surface area contributed by atoms with Crippen LogP contribution in [0.3, 0.4) is 0 Å². The summed E-state index contributed by atoms with van der Waals surface area (Å²) in [5.74, 6) is -2.89. The standard InChI is InChI=1S/C27H19F4N7O2/c1-15(39)35-14-16-5-2-6-17(11-16)38-25(23-22(37-38)7-3-8-32-23)36-26(40)19-12-18(24-33-9-4-10-34-24)20(13-21(19)28)27(29,30)31/h2-13H,14H2,1H3,(H,35,39)(H,36,40). The summed E-state index contributed by atoms with van der Waals surface area (Å²) in [5.41, 5.74) is -0.644. The van der Waals surface area contributed by atoms with Gasteiger partial charge >= 0.3 is 6.18 Å². The molecule has 3 heterocycles. The summed E-state index contributed by atoms with van der Waals surface area (Å²) in [6.45, 7) is 1.63. The van der Waals surface area contributed by atoms with Crippen molar-refractivity contribution in [3.05, 3.63) is 95.7 Å². The zero-order valence-corrected chi connectivity index (χ0v) is 20.7. The molecule has 0 spiro atoms. The molecule has 0 bridgehead atoms. The maximum Gasteiger partial charge on any atom is 0.417 e. The second kappa shape index (κ2) is 10.5. The molecule has 0 fully saturated rings. The van der Waals surface area contributed by atoms with Gasteiger partial charge < -0.3 is 10.6 Å². The number of amides is 2. The molecule has 3 aromatic heterocycles. The molecule has 202 valence electrons. The smallest absolute Gasteiger partial charge is 0.352 e. The van der Waals surface area contributed by atoms with Gasteiger partial charge in [0.05, 0.1) is 16.8 Å². The fraction of sp³-hybridized carbons (Fsp3) is 0.111. The lowest BCUT2D eigenvalue weighted by Gasteiger charge is -2.15. The van der Waals surface area contributed by atoms with Crippen LogP contribution in [-0.4, -0.2) is 36.5 Å². The molecule has 2 amide bonds. The van der Waals surface area contributed by atoms with Crippen LogP contribution in [0.1, 0.15) is 28.4 Å². The van der Waals surface area contributed by atoms with Gasteiger partial charge in [0.1, 0.15) is 16.9 Å². The number of rotatable bonds is 6. The first-order valence-electron chi connectivity index (χ1n) is 11.8. The Morgan fingerprint density at radius 1 is 0.950 bits per heavy atom. The molecule has 0 unspecified atom stereocenters. The first-order chi connectivity index (χ1) is 19.1. The van der Waals surface area contributed by atoms with Crippen LogP contribution in [0.25, 0.3) is 28.1 Å². The monoisotopic (exact) mass is 549 g/mol. The zero-order chi connectivity index (χ0) is 28.4. The summed E-state index contributed by atoms with van der Waals surface area (Å²) in [4.78, 5) is 36.6. The van der Waals surface area contributed by atoms with Gasteiger partial charge in [-0.15, -0.1) is 0 Å². The maximum atomic E-state index is 15.0. The van der Waals surface area contributed by atoms with Gasteiger partial charge in [-0.05, 0) is 48.0 Å². The Kier molecular flexibility index (Phi) is 6.94. The van der Waals surface area contributed by atoms with Crippen LogP contribution in [-0.2, 0) is 17.5 Å². The van der Waals surface area contributed by atoms with Gasteiger partial charge in [-0.2, -0.15) is 18.3 Å². The summed E-state index contributed by atoms with van der Waals surface area (Å²) in [7, 11) is 0. The van der Waals surface area contributed by atoms with Gasteiger partial charge in [-0.3, -0.25) is 14.6 Å². The molecule has 0 saturated heterocycles. The fourth-order valence-corrected chi connectivity index (χ4v) is 4.02. The molecule has 2 N–H and O–H groups in total. The lowest BCUT2D eigenvalue weighted by atomic mass is 10.0. The third kappa shape index (κ3) is 5.34. The van der Waals surface area contributed by atoms with Crippen molar-refractivity contribution in [2.75, 3.05) is 5.32 Å². The van der Waals surface area contributed by atoms with Crippen molar-refractivity contribution in [1.82, 2.24) is 30.0 Å². The van der Waals surface area contributed by atoms with E-state index in [9.17, 15) is 22.8 Å². The van der Waals surface area contributed by atoms with Crippen molar-refractivity contribution in [3.8, 4) is 17.1 Å². The van der Waals surface area contributed by atoms with Gasteiger partial charge in [0.2, 0.25) is 5.91 Å². The van der Waals surface area contributed by atoms with Gasteiger partial charge in [0, 0.05) is 37.6 Å². The number of benzene rings is 2. The topological polar surface area (TPSA) is 115 Å². The van der Waals surface area contributed by atoms with Crippen LogP contribution in [0, 0.1) is 5.82 Å². The minimum absolute atomic E-state index is 0.0640. The number of pyridine rings is 1. The van der Waals surface area contributed by atoms with E-state index in [-0.39, 0.29) is 35.7 Å². The van der Waals surface area contributed by atoms with E-state index in [1.165, 1.54) is 36.3 Å². The highest BCUT2D eigenvalue weighted by atomic mass is 19.4. The van der Waals surface area contributed by atoms with Gasteiger partial charge in [0.15, 0.2) is 11.6 Å². The molecule has 0 aliphatic rings. The Hall–Kier alpha value is -5.20. The molecule has 0 aliphatic heterocycles. The summed E-state index contributed by atoms with van der Waals surface area (Å²) in [5, 5.41) is 9.75. The number of carbonyl (C=O) groups is 2. The van der Waals surface area contributed by atoms with Gasteiger partial charge in [-0.1, -0.05) is 12.1 Å². The highest BCUT2D eigenvalue weighted by Crippen LogP contribution is 2.37. The first kappa shape index (κ1) is 26.4. The van der Waals surface area contributed by atoms with Crippen molar-refractivity contribution in [2.24, 2.45) is 0 Å². The Morgan fingerprint density at radius 3 is 2.42 bits per heavy atom. The van der Waals surface area contributed by atoms with Crippen LogP contribution < -0.4 is 10.6 Å². The number of halogens is 4. The van der Waals surface area contributed by atoms with Crippen molar-refractivity contribution in [2.45, 2.75) is 19.6 Å². The quantitative estimate of drug-likeness (QED) is 0.291. The molecule has 0 aliphatic carbocycles. The summed E-state index contributed by atoms with van der Waals surface area (Å²) < 4.78 is 57.6. The molecule has 40 heavy (non-hydrogen) atoms. The average Bonchev–Trinajstić information content (AvgIpc) is 3.30. The second-order valence-electron chi connectivity index (χ2n) is 8.61. The van der Waals surface area contributed by atoms with Crippen molar-refractivity contribution in [3.63, 3.8) is 0 Å². The van der Waals surface area contributed by atoms with Crippen molar-refractivity contribution >= 4 is 28.7 Å². The Morgan fingerprint density at radius 2 is 1.70 bits per heavy atom. The summed E-state index contributed by atoms with van der Waals surface area (Å²) in [6, 6.07) is 12.7. The van der Waals surface area contributed by atoms with Crippen molar-refractivity contribution < 1.29 is 27.2 Å². The number of hydrogen-bond donors (Lipinski definition) is 2. The lowest BCUT2D eigenvalue weighted by Crippen LogP contribution is -2.20. The number of hydrogen-bond acceptors (Lipinski definition) is 6. The highest BCUT2D eigenvalue weighted by Gasteiger charge is 2.36. The molecule has 2 aromatic carbocycles. The Bertz CT molecular complexity index is 1740. The maximum absolute atomic E-state index is 15.0. The lowest BCUT2D eigenvalue weighted by molar-refractivity contribution is -0.137. The highest BCUT2D eigenvalue weighted by molar-refractivity contribution is 6.08. The van der Waals surface area contributed by atoms with Crippen LogP contribution >= 0.6 is 0 Å². The van der Waals surface area contributed by atoms with E-state index < -0.39 is 34.6 Å². The average molecular weight is 549 g/mol. The molecule has 5 aromatic rings. The van der Waals surface area contributed by atoms with Crippen LogP contribution in [0.5, 0.6) is 0 Å². The van der Waals surface area contributed by atoms with Gasteiger partial charge in [0.25, 0.3) is 5.91 Å². The predicted molar refractivity (Wildman–Crippen MR) is 137 cm³/mol. The molecule has 0 saturated carbocycles. The first-order valence-corrected chi connectivity index (χ1v) is 11.8. The SMILES string of the molecule is CC(=O)NCc1cccc(-n2nc3cccnc3c2NC(=O)c2cc(-c3ncccn3)c(C(F)(F)F)cc2F)c1. The molecule has 9 nitrogen and oxygen atoms in total. The minimum Gasteiger partial charge on any atom is -0.352 e. The fourth-order valence-electron chi connectivity index (χ4n) is 4.02. The van der Waals surface area contributed by atoms with E-state index in [1.807, 2.05) is 0 Å². The van der Waals surface area contributed by atoms with E-state index in [2.05, 4.69) is 30.7 Å². The molecule has 0 radical (unpaired) electrons. The Balaban J connectivity index is 1.58. The third-order valence-electron chi connectivity index (χ3n) is 5.82. The van der Waals surface area contributed by atoms with E-state index >= 15 is 4.39 Å². The summed E-state index contributed by atoms with van der Waals surface area (Å²) in [6.07, 6.45) is -0.976. The van der Waals surface area contributed by atoms with Crippen molar-refractivity contribution in [1.29, 1.82) is 0 Å². The number of aromatic nitrogens is 5. The number of alkyl halides is 3. The molecular formula is C27H19F4N7O2. The Labute approximate surface area is 223 Å². The molecule has 0 atom stereocenters. The second-order valence-corrected chi connectivity index (χ2v) is 8.61. The number of nitrogens with one attached hydrogen (secondary N) is 2. The van der Waals surface area contributed by atoms with Crippen LogP contribution in [0.4, 0.5) is 23.4 Å². The largest absolute Gasteiger partial charge is 0.417 e. The normalized spacial score (nSPS) is 11.4. The van der Waals surface area contributed by atoms with E-state index in [4.69, 9.17) is 0 Å². The van der Waals surface area contributed by atoms with Crippen LogP contribution in [0.15, 0.2) is 73.2 Å². The summed E-state index contributed by atoms with van der Waals surface area (Å²) >= 11 is 0. The zero-order valence-electron chi connectivity index (χ0n) is 20.7. The molecule has 13 heteroatoms. The number of nitrogens with zero attached hydrogens (tertiary/aromatic N) is 5.